The molecule has 3 aliphatic heterocycles. The van der Waals surface area contributed by atoms with Gasteiger partial charge in [-0.2, -0.15) is 0 Å². The van der Waals surface area contributed by atoms with E-state index in [1.807, 2.05) is 0 Å². The molecule has 1 aromatic heterocycles. The van der Waals surface area contributed by atoms with Crippen molar-refractivity contribution in [2.45, 2.75) is 50.5 Å². The minimum atomic E-state index is -3.13. The van der Waals surface area contributed by atoms with Crippen LogP contribution in [-0.4, -0.2) is 33.0 Å². The summed E-state index contributed by atoms with van der Waals surface area (Å²) in [5, 5.41) is 13.6. The zero-order valence-electron chi connectivity index (χ0n) is 48.6. The van der Waals surface area contributed by atoms with Gasteiger partial charge in [-0.15, -0.1) is 0 Å². The summed E-state index contributed by atoms with van der Waals surface area (Å²) in [6.07, 6.45) is 4.73. The van der Waals surface area contributed by atoms with E-state index in [2.05, 4.69) is 332 Å². The number of rotatable bonds is 11. The summed E-state index contributed by atoms with van der Waals surface area (Å²) >= 11 is 0. The fraction of sp³-hybridized carbons (Fsp3) is 0.100. The molecule has 410 valence electrons. The van der Waals surface area contributed by atoms with Crippen LogP contribution in [0, 0.1) is 0 Å². The molecule has 6 heteroatoms. The second kappa shape index (κ2) is 19.5. The van der Waals surface area contributed by atoms with Crippen LogP contribution in [0.3, 0.4) is 0 Å². The van der Waals surface area contributed by atoms with E-state index in [-0.39, 0.29) is 17.7 Å². The fourth-order valence-electron chi connectivity index (χ4n) is 17.1. The second-order valence-electron chi connectivity index (χ2n) is 25.0. The highest BCUT2D eigenvalue weighted by molar-refractivity contribution is 7.21. The van der Waals surface area contributed by atoms with Gasteiger partial charge in [-0.1, -0.05) is 281 Å². The molecule has 12 aromatic carbocycles. The van der Waals surface area contributed by atoms with Crippen LogP contribution in [0.25, 0.3) is 27.5 Å². The third-order valence-corrected chi connectivity index (χ3v) is 30.5. The standard InChI is InChI=1S/C80H64BN3Si2/c1-79-50-27-28-51-80(79,2)84-75-53-59(82(57-30-11-3-12-31-57)58-32-13-4-14-33-58)52-74-76(75)81(71-47-29-46-70(79)78(71)84)72-56-67(86(63-40-21-8-22-41-63,64-42-23-9-24-43-64)65-44-25-10-26-45-65)55-69-68-54-66(48-49-73(68)83(74)77(69)72)85(60-34-15-5-16-35-60,61-36-17-6-18-37-61)62-38-19-7-20-39-62/h3-26,29-49,52-56H,27-28,50-51H2,1-2H3. The molecule has 4 aliphatic rings. The van der Waals surface area contributed by atoms with Gasteiger partial charge >= 0.3 is 0 Å². The molecule has 1 saturated carbocycles. The largest absolute Gasteiger partial charge is 0.335 e. The van der Waals surface area contributed by atoms with Gasteiger partial charge in [-0.3, -0.25) is 0 Å². The lowest BCUT2D eigenvalue weighted by Gasteiger charge is -2.52. The maximum Gasteiger partial charge on any atom is 0.252 e. The molecule has 1 aliphatic carbocycles. The molecule has 13 aromatic rings. The SMILES string of the molecule is CC12CCCCC1(C)N1c3cc(N(c4ccccc4)c4ccccc4)cc4c3B(c3cccc2c31)c1cc([Si](c2ccccc2)(c2ccccc2)c2ccccc2)cc2c3cc([Si](c5ccccc5)(c5ccccc5)c5ccccc5)ccc3n-4c12. The smallest absolute Gasteiger partial charge is 0.252 e. The number of anilines is 5. The van der Waals surface area contributed by atoms with Crippen LogP contribution in [0.5, 0.6) is 0 Å². The molecular formula is C80H64BN3Si2. The summed E-state index contributed by atoms with van der Waals surface area (Å²) in [6, 6.07) is 117. The summed E-state index contributed by atoms with van der Waals surface area (Å²) in [5.74, 6) is 0. The van der Waals surface area contributed by atoms with Crippen LogP contribution < -0.4 is 67.7 Å². The Hall–Kier alpha value is -9.46. The highest BCUT2D eigenvalue weighted by Gasteiger charge is 2.61. The van der Waals surface area contributed by atoms with Crippen LogP contribution >= 0.6 is 0 Å². The number of para-hydroxylation sites is 3. The first-order valence-electron chi connectivity index (χ1n) is 30.9. The van der Waals surface area contributed by atoms with E-state index in [1.165, 1.54) is 115 Å². The first-order chi connectivity index (χ1) is 42.4. The van der Waals surface area contributed by atoms with Gasteiger partial charge in [0.05, 0.1) is 16.7 Å². The number of benzene rings is 12. The first-order valence-corrected chi connectivity index (χ1v) is 34.9. The van der Waals surface area contributed by atoms with Gasteiger partial charge in [-0.05, 0) is 126 Å². The highest BCUT2D eigenvalue weighted by atomic mass is 28.3. The van der Waals surface area contributed by atoms with E-state index in [1.54, 1.807) is 0 Å². The van der Waals surface area contributed by atoms with Crippen LogP contribution in [0.4, 0.5) is 28.4 Å². The summed E-state index contributed by atoms with van der Waals surface area (Å²) in [7, 11) is -6.13. The Labute approximate surface area is 507 Å². The molecule has 0 radical (unpaired) electrons. The summed E-state index contributed by atoms with van der Waals surface area (Å²) in [4.78, 5) is 5.40. The lowest BCUT2D eigenvalue weighted by Crippen LogP contribution is -2.75. The maximum atomic E-state index is 2.90. The molecular weight excluding hydrogens is 1070 g/mol. The van der Waals surface area contributed by atoms with E-state index in [0.29, 0.717) is 0 Å². The minimum Gasteiger partial charge on any atom is -0.335 e. The minimum absolute atomic E-state index is 0.0518. The van der Waals surface area contributed by atoms with Crippen molar-refractivity contribution >= 4 is 131 Å². The third kappa shape index (κ3) is 7.03. The Morgan fingerprint density at radius 2 is 0.814 bits per heavy atom. The number of fused-ring (bicyclic) bond motifs is 10. The van der Waals surface area contributed by atoms with Crippen molar-refractivity contribution in [3.05, 3.63) is 309 Å². The molecule has 1 fully saturated rings. The molecule has 4 heterocycles. The average Bonchev–Trinajstić information content (AvgIpc) is 1.47. The van der Waals surface area contributed by atoms with Gasteiger partial charge in [0, 0.05) is 50.1 Å². The van der Waals surface area contributed by atoms with Crippen LogP contribution in [0.1, 0.15) is 45.1 Å². The van der Waals surface area contributed by atoms with Gasteiger partial charge < -0.3 is 14.4 Å². The number of nitrogens with zero attached hydrogens (tertiary/aromatic N) is 3. The lowest BCUT2D eigenvalue weighted by atomic mass is 9.33. The number of hydrogen-bond acceptors (Lipinski definition) is 2. The molecule has 3 nitrogen and oxygen atoms in total. The monoisotopic (exact) mass is 1130 g/mol. The van der Waals surface area contributed by atoms with Crippen molar-refractivity contribution in [3.63, 3.8) is 0 Å². The van der Waals surface area contributed by atoms with Crippen molar-refractivity contribution < 1.29 is 0 Å². The third-order valence-electron chi connectivity index (χ3n) is 21.0. The van der Waals surface area contributed by atoms with Crippen molar-refractivity contribution in [2.75, 3.05) is 9.80 Å². The van der Waals surface area contributed by atoms with E-state index in [0.717, 1.165) is 29.9 Å². The maximum absolute atomic E-state index is 3.13. The van der Waals surface area contributed by atoms with Crippen molar-refractivity contribution in [2.24, 2.45) is 0 Å². The van der Waals surface area contributed by atoms with Crippen molar-refractivity contribution in [1.29, 1.82) is 0 Å². The van der Waals surface area contributed by atoms with Crippen LogP contribution in [0.15, 0.2) is 303 Å². The molecule has 86 heavy (non-hydrogen) atoms. The molecule has 17 rings (SSSR count). The zero-order valence-corrected chi connectivity index (χ0v) is 50.6. The lowest BCUT2D eigenvalue weighted by molar-refractivity contribution is 0.195. The molecule has 0 bridgehead atoms. The Morgan fingerprint density at radius 3 is 1.31 bits per heavy atom. The summed E-state index contributed by atoms with van der Waals surface area (Å²) in [5.41, 5.74) is 15.5. The average molecular weight is 1130 g/mol. The molecule has 0 saturated heterocycles. The van der Waals surface area contributed by atoms with Crippen molar-refractivity contribution in [3.8, 4) is 5.69 Å². The second-order valence-corrected chi connectivity index (χ2v) is 32.6. The summed E-state index contributed by atoms with van der Waals surface area (Å²) in [6.45, 7) is 5.16. The number of hydrogen-bond donors (Lipinski definition) is 0. The summed E-state index contributed by atoms with van der Waals surface area (Å²) < 4.78 is 2.74. The first kappa shape index (κ1) is 51.0. The molecule has 0 spiro atoms. The van der Waals surface area contributed by atoms with Gasteiger partial charge in [0.25, 0.3) is 6.71 Å². The normalized spacial score (nSPS) is 17.3. The molecule has 0 amide bonds. The van der Waals surface area contributed by atoms with Gasteiger partial charge in [0.15, 0.2) is 16.1 Å². The van der Waals surface area contributed by atoms with Crippen LogP contribution in [-0.2, 0) is 5.41 Å². The predicted molar refractivity (Wildman–Crippen MR) is 370 cm³/mol. The van der Waals surface area contributed by atoms with Crippen molar-refractivity contribution in [1.82, 2.24) is 4.57 Å². The van der Waals surface area contributed by atoms with E-state index < -0.39 is 16.1 Å². The predicted octanol–water partition coefficient (Wildman–Crippen LogP) is 11.9. The Kier molecular flexibility index (Phi) is 11.6. The Morgan fingerprint density at radius 1 is 0.372 bits per heavy atom. The highest BCUT2D eigenvalue weighted by Crippen LogP contribution is 2.62. The molecule has 0 N–H and O–H groups in total. The Bertz CT molecular complexity index is 4500. The fourth-order valence-corrected chi connectivity index (χ4v) is 26.7. The quantitative estimate of drug-likeness (QED) is 0.0945. The molecule has 2 atom stereocenters. The zero-order chi connectivity index (χ0) is 57.2. The topological polar surface area (TPSA) is 11.4 Å². The van der Waals surface area contributed by atoms with E-state index in [9.17, 15) is 0 Å². The molecule has 2 unspecified atom stereocenters. The number of aromatic nitrogens is 1. The van der Waals surface area contributed by atoms with E-state index >= 15 is 0 Å². The van der Waals surface area contributed by atoms with Gasteiger partial charge in [0.1, 0.15) is 0 Å². The van der Waals surface area contributed by atoms with Gasteiger partial charge in [0.2, 0.25) is 0 Å². The van der Waals surface area contributed by atoms with Crippen LogP contribution in [0.2, 0.25) is 0 Å². The van der Waals surface area contributed by atoms with E-state index in [4.69, 9.17) is 0 Å². The Balaban J connectivity index is 1.07. The van der Waals surface area contributed by atoms with Gasteiger partial charge in [-0.25, -0.2) is 0 Å².